The molecule has 1 aliphatic heterocycles. The number of hydrazine groups is 1. The summed E-state index contributed by atoms with van der Waals surface area (Å²) in [7, 11) is 1.87. The van der Waals surface area contributed by atoms with Gasteiger partial charge in [-0.2, -0.15) is 5.10 Å². The van der Waals surface area contributed by atoms with E-state index in [1.54, 1.807) is 11.9 Å². The summed E-state index contributed by atoms with van der Waals surface area (Å²) in [6, 6.07) is 8.38. The second kappa shape index (κ2) is 8.26. The van der Waals surface area contributed by atoms with Crippen LogP contribution >= 0.6 is 0 Å². The minimum Gasteiger partial charge on any atom is -0.378 e. The molecule has 1 aromatic heterocycles. The number of nitrogens with zero attached hydrogens (tertiary/aromatic N) is 3. The number of aromatic amines is 1. The molecule has 144 valence electrons. The van der Waals surface area contributed by atoms with E-state index >= 15 is 0 Å². The predicted molar refractivity (Wildman–Crippen MR) is 108 cm³/mol. The Balaban J connectivity index is 1.87. The van der Waals surface area contributed by atoms with Crippen LogP contribution in [0.5, 0.6) is 0 Å². The van der Waals surface area contributed by atoms with E-state index in [2.05, 4.69) is 40.6 Å². The van der Waals surface area contributed by atoms with Gasteiger partial charge in [0.2, 0.25) is 5.91 Å². The van der Waals surface area contributed by atoms with E-state index in [9.17, 15) is 4.79 Å². The van der Waals surface area contributed by atoms with Crippen LogP contribution in [-0.2, 0) is 4.79 Å². The molecule has 0 saturated heterocycles. The lowest BCUT2D eigenvalue weighted by atomic mass is 9.96. The zero-order valence-electron chi connectivity index (χ0n) is 16.2. The van der Waals surface area contributed by atoms with Crippen molar-refractivity contribution in [1.29, 1.82) is 0 Å². The van der Waals surface area contributed by atoms with Gasteiger partial charge in [-0.15, -0.1) is 0 Å². The molecule has 27 heavy (non-hydrogen) atoms. The predicted octanol–water partition coefficient (Wildman–Crippen LogP) is 2.58. The average molecular weight is 368 g/mol. The Kier molecular flexibility index (Phi) is 5.81. The molecule has 4 N–H and O–H groups in total. The maximum atomic E-state index is 11.9. The standard InChI is InChI=1S/C20H28N6O/c1-4-19(18-13-26(14(2)27)9-8-20(18)25(3)21)24-17-7-5-6-15(10-17)16-11-22-23-12-16/h5-7,10-12,19,24H,4,8-9,13,21H2,1-3H3,(H,22,23). The van der Waals surface area contributed by atoms with Gasteiger partial charge in [-0.3, -0.25) is 9.89 Å². The number of amides is 1. The Labute approximate surface area is 160 Å². The first kappa shape index (κ1) is 19.0. The molecule has 1 aromatic carbocycles. The van der Waals surface area contributed by atoms with E-state index < -0.39 is 0 Å². The SMILES string of the molecule is CCC(Nc1cccc(-c2cn[nH]c2)c1)C1=C(N(C)N)CCN(C(C)=O)C1. The summed E-state index contributed by atoms with van der Waals surface area (Å²) in [5.41, 5.74) is 5.47. The average Bonchev–Trinajstić information content (AvgIpc) is 3.20. The largest absolute Gasteiger partial charge is 0.378 e. The van der Waals surface area contributed by atoms with Gasteiger partial charge in [0, 0.05) is 56.6 Å². The van der Waals surface area contributed by atoms with Crippen LogP contribution in [-0.4, -0.2) is 52.2 Å². The summed E-state index contributed by atoms with van der Waals surface area (Å²) in [6.07, 6.45) is 5.36. The fourth-order valence-electron chi connectivity index (χ4n) is 3.59. The van der Waals surface area contributed by atoms with Gasteiger partial charge in [0.25, 0.3) is 0 Å². The Morgan fingerprint density at radius 3 is 2.89 bits per heavy atom. The molecule has 0 fully saturated rings. The highest BCUT2D eigenvalue weighted by atomic mass is 16.2. The molecule has 0 spiro atoms. The highest BCUT2D eigenvalue weighted by Gasteiger charge is 2.27. The normalized spacial score (nSPS) is 15.6. The van der Waals surface area contributed by atoms with Crippen molar-refractivity contribution in [1.82, 2.24) is 20.1 Å². The van der Waals surface area contributed by atoms with E-state index in [-0.39, 0.29) is 11.9 Å². The number of anilines is 1. The van der Waals surface area contributed by atoms with E-state index in [4.69, 9.17) is 5.84 Å². The molecule has 1 unspecified atom stereocenters. The number of nitrogens with two attached hydrogens (primary N) is 1. The Hall–Kier alpha value is -2.80. The number of hydrogen-bond acceptors (Lipinski definition) is 5. The van der Waals surface area contributed by atoms with Crippen LogP contribution in [0.4, 0.5) is 5.69 Å². The van der Waals surface area contributed by atoms with Gasteiger partial charge in [-0.25, -0.2) is 5.84 Å². The lowest BCUT2D eigenvalue weighted by Crippen LogP contribution is -2.43. The van der Waals surface area contributed by atoms with Gasteiger partial charge in [0.15, 0.2) is 0 Å². The molecule has 2 heterocycles. The summed E-state index contributed by atoms with van der Waals surface area (Å²) in [5, 5.41) is 12.2. The number of benzene rings is 1. The van der Waals surface area contributed by atoms with Gasteiger partial charge >= 0.3 is 0 Å². The van der Waals surface area contributed by atoms with E-state index in [0.717, 1.165) is 35.4 Å². The van der Waals surface area contributed by atoms with Crippen molar-refractivity contribution in [3.63, 3.8) is 0 Å². The third kappa shape index (κ3) is 4.31. The number of rotatable bonds is 6. The molecular weight excluding hydrogens is 340 g/mol. The number of aromatic nitrogens is 2. The van der Waals surface area contributed by atoms with Crippen LogP contribution in [0.15, 0.2) is 47.9 Å². The second-order valence-corrected chi connectivity index (χ2v) is 6.95. The van der Waals surface area contributed by atoms with Gasteiger partial charge < -0.3 is 15.2 Å². The first-order chi connectivity index (χ1) is 13.0. The van der Waals surface area contributed by atoms with E-state index in [1.165, 1.54) is 5.57 Å². The van der Waals surface area contributed by atoms with Crippen LogP contribution in [0.2, 0.25) is 0 Å². The molecule has 1 atom stereocenters. The lowest BCUT2D eigenvalue weighted by molar-refractivity contribution is -0.128. The van der Waals surface area contributed by atoms with E-state index in [0.29, 0.717) is 13.1 Å². The van der Waals surface area contributed by atoms with Crippen molar-refractivity contribution in [2.24, 2.45) is 5.84 Å². The van der Waals surface area contributed by atoms with Gasteiger partial charge in [0.05, 0.1) is 12.2 Å². The maximum Gasteiger partial charge on any atom is 0.219 e. The van der Waals surface area contributed by atoms with Crippen LogP contribution < -0.4 is 11.2 Å². The number of carbonyl (C=O) groups excluding carboxylic acids is 1. The number of nitrogens with one attached hydrogen (secondary N) is 2. The van der Waals surface area contributed by atoms with Crippen LogP contribution in [0, 0.1) is 0 Å². The Morgan fingerprint density at radius 1 is 1.44 bits per heavy atom. The summed E-state index contributed by atoms with van der Waals surface area (Å²) < 4.78 is 0. The van der Waals surface area contributed by atoms with Crippen LogP contribution in [0.3, 0.4) is 0 Å². The fraction of sp³-hybridized carbons (Fsp3) is 0.400. The lowest BCUT2D eigenvalue weighted by Gasteiger charge is -2.36. The Bertz CT molecular complexity index is 812. The second-order valence-electron chi connectivity index (χ2n) is 6.95. The third-order valence-corrected chi connectivity index (χ3v) is 5.09. The number of H-pyrrole nitrogens is 1. The van der Waals surface area contributed by atoms with Crippen molar-refractivity contribution < 1.29 is 4.79 Å². The molecule has 0 saturated carbocycles. The number of hydrogen-bond donors (Lipinski definition) is 3. The van der Waals surface area contributed by atoms with Crippen LogP contribution in [0.25, 0.3) is 11.1 Å². The third-order valence-electron chi connectivity index (χ3n) is 5.09. The topological polar surface area (TPSA) is 90.3 Å². The summed E-state index contributed by atoms with van der Waals surface area (Å²) >= 11 is 0. The molecule has 1 amide bonds. The zero-order valence-corrected chi connectivity index (χ0v) is 16.2. The van der Waals surface area contributed by atoms with Crippen molar-refractivity contribution in [3.8, 4) is 11.1 Å². The van der Waals surface area contributed by atoms with Crippen molar-refractivity contribution >= 4 is 11.6 Å². The van der Waals surface area contributed by atoms with Gasteiger partial charge in [-0.1, -0.05) is 19.1 Å². The zero-order chi connectivity index (χ0) is 19.4. The molecule has 0 bridgehead atoms. The summed E-state index contributed by atoms with van der Waals surface area (Å²) in [4.78, 5) is 13.8. The molecule has 0 aliphatic carbocycles. The van der Waals surface area contributed by atoms with Gasteiger partial charge in [0.1, 0.15) is 0 Å². The van der Waals surface area contributed by atoms with Crippen molar-refractivity contribution in [2.75, 3.05) is 25.5 Å². The molecule has 7 nitrogen and oxygen atoms in total. The summed E-state index contributed by atoms with van der Waals surface area (Å²) in [6.45, 7) is 5.09. The first-order valence-electron chi connectivity index (χ1n) is 9.31. The van der Waals surface area contributed by atoms with Gasteiger partial charge in [-0.05, 0) is 29.7 Å². The molecule has 0 radical (unpaired) electrons. The summed E-state index contributed by atoms with van der Waals surface area (Å²) in [5.74, 6) is 6.19. The maximum absolute atomic E-state index is 11.9. The number of carbonyl (C=O) groups is 1. The molecule has 2 aromatic rings. The molecule has 7 heteroatoms. The Morgan fingerprint density at radius 2 is 2.26 bits per heavy atom. The van der Waals surface area contributed by atoms with Crippen molar-refractivity contribution in [2.45, 2.75) is 32.7 Å². The smallest absolute Gasteiger partial charge is 0.219 e. The quantitative estimate of drug-likeness (QED) is 0.539. The molecular formula is C20H28N6O. The molecule has 1 aliphatic rings. The van der Waals surface area contributed by atoms with Crippen LogP contribution in [0.1, 0.15) is 26.7 Å². The molecule has 3 rings (SSSR count). The minimum atomic E-state index is 0.100. The minimum absolute atomic E-state index is 0.100. The monoisotopic (exact) mass is 368 g/mol. The van der Waals surface area contributed by atoms with E-state index in [1.807, 2.05) is 30.4 Å². The first-order valence-corrected chi connectivity index (χ1v) is 9.31. The highest BCUT2D eigenvalue weighted by Crippen LogP contribution is 2.27. The van der Waals surface area contributed by atoms with Crippen molar-refractivity contribution in [3.05, 3.63) is 47.9 Å². The highest BCUT2D eigenvalue weighted by molar-refractivity contribution is 5.74. The fourth-order valence-corrected chi connectivity index (χ4v) is 3.59.